The van der Waals surface area contributed by atoms with Crippen molar-refractivity contribution in [2.45, 2.75) is 42.2 Å². The Morgan fingerprint density at radius 1 is 1.26 bits per heavy atom. The van der Waals surface area contributed by atoms with Crippen LogP contribution in [0.4, 0.5) is 0 Å². The van der Waals surface area contributed by atoms with E-state index in [0.29, 0.717) is 24.6 Å². The van der Waals surface area contributed by atoms with Gasteiger partial charge in [0.15, 0.2) is 0 Å². The van der Waals surface area contributed by atoms with Crippen molar-refractivity contribution < 1.29 is 13.2 Å². The molecule has 2 fully saturated rings. The maximum Gasteiger partial charge on any atom is 0.244 e. The third-order valence-electron chi connectivity index (χ3n) is 5.75. The summed E-state index contributed by atoms with van der Waals surface area (Å²) in [6.45, 7) is 1.53. The van der Waals surface area contributed by atoms with Crippen LogP contribution in [-0.2, 0) is 14.8 Å². The first-order valence-electron chi connectivity index (χ1n) is 9.55. The minimum absolute atomic E-state index is 0.187. The van der Waals surface area contributed by atoms with Gasteiger partial charge in [0.25, 0.3) is 0 Å². The van der Waals surface area contributed by atoms with Crippen LogP contribution in [0.15, 0.2) is 41.6 Å². The van der Waals surface area contributed by atoms with Crippen molar-refractivity contribution in [2.24, 2.45) is 0 Å². The molecule has 146 valence electrons. The third-order valence-corrected chi connectivity index (χ3v) is 7.71. The Labute approximate surface area is 161 Å². The first-order valence-corrected chi connectivity index (χ1v) is 11.0. The average molecular weight is 390 g/mol. The summed E-state index contributed by atoms with van der Waals surface area (Å²) in [5, 5.41) is 1.56. The molecule has 2 aromatic rings. The molecule has 4 rings (SSSR count). The zero-order valence-corrected chi connectivity index (χ0v) is 16.8. The van der Waals surface area contributed by atoms with Gasteiger partial charge in [-0.25, -0.2) is 8.42 Å². The quantitative estimate of drug-likeness (QED) is 0.804. The monoisotopic (exact) mass is 389 g/mol. The van der Waals surface area contributed by atoms with E-state index in [4.69, 9.17) is 4.74 Å². The number of pyridine rings is 1. The zero-order chi connectivity index (χ0) is 19.1. The van der Waals surface area contributed by atoms with Gasteiger partial charge in [0.1, 0.15) is 0 Å². The Balaban J connectivity index is 1.77. The molecule has 1 aliphatic heterocycles. The topological polar surface area (TPSA) is 62.7 Å². The number of aromatic nitrogens is 1. The normalized spacial score (nSPS) is 23.4. The molecular formula is C20H27N3O3S. The molecule has 1 unspecified atom stereocenters. The highest BCUT2D eigenvalue weighted by atomic mass is 32.2. The van der Waals surface area contributed by atoms with Crippen LogP contribution in [0.5, 0.6) is 0 Å². The number of likely N-dealkylation sites (N-methyl/N-ethyl adjacent to an activating group) is 1. The fraction of sp³-hybridized carbons (Fsp3) is 0.550. The molecule has 2 heterocycles. The van der Waals surface area contributed by atoms with Crippen LogP contribution in [0.1, 0.15) is 25.7 Å². The van der Waals surface area contributed by atoms with Crippen molar-refractivity contribution >= 4 is 20.8 Å². The molecule has 1 aromatic heterocycles. The fourth-order valence-electron chi connectivity index (χ4n) is 4.43. The van der Waals surface area contributed by atoms with Crippen molar-refractivity contribution in [3.05, 3.63) is 36.7 Å². The Bertz CT molecular complexity index is 918. The van der Waals surface area contributed by atoms with E-state index in [1.54, 1.807) is 34.9 Å². The van der Waals surface area contributed by atoms with Crippen LogP contribution in [0.25, 0.3) is 10.8 Å². The lowest BCUT2D eigenvalue weighted by atomic mass is 9.99. The maximum atomic E-state index is 13.8. The molecule has 1 aromatic carbocycles. The van der Waals surface area contributed by atoms with Crippen molar-refractivity contribution in [1.82, 2.24) is 14.2 Å². The summed E-state index contributed by atoms with van der Waals surface area (Å²) in [4.78, 5) is 6.51. The molecule has 1 atom stereocenters. The van der Waals surface area contributed by atoms with Crippen LogP contribution in [0.2, 0.25) is 0 Å². The lowest BCUT2D eigenvalue weighted by Gasteiger charge is -2.45. The predicted octanol–water partition coefficient (Wildman–Crippen LogP) is 2.50. The van der Waals surface area contributed by atoms with Crippen molar-refractivity contribution in [3.63, 3.8) is 0 Å². The molecule has 6 nitrogen and oxygen atoms in total. The van der Waals surface area contributed by atoms with E-state index in [0.717, 1.165) is 36.5 Å². The molecule has 0 bridgehead atoms. The standard InChI is InChI=1S/C20H27N3O3S/c1-22(2)13-17-14-26-20(9-3-4-10-20)15-23(17)27(24,25)19-7-5-6-16-12-21-11-8-18(16)19/h5-8,11-12,17H,3-4,9-10,13-15H2,1-2H3. The molecule has 2 aliphatic rings. The molecule has 1 aliphatic carbocycles. The lowest BCUT2D eigenvalue weighted by Crippen LogP contribution is -2.59. The van der Waals surface area contributed by atoms with E-state index in [-0.39, 0.29) is 11.6 Å². The smallest absolute Gasteiger partial charge is 0.244 e. The average Bonchev–Trinajstić information content (AvgIpc) is 3.10. The van der Waals surface area contributed by atoms with Gasteiger partial charge in [-0.1, -0.05) is 25.0 Å². The largest absolute Gasteiger partial charge is 0.372 e. The maximum absolute atomic E-state index is 13.8. The van der Waals surface area contributed by atoms with E-state index in [9.17, 15) is 8.42 Å². The van der Waals surface area contributed by atoms with E-state index in [2.05, 4.69) is 4.98 Å². The van der Waals surface area contributed by atoms with Gasteiger partial charge in [-0.15, -0.1) is 0 Å². The number of hydrogen-bond donors (Lipinski definition) is 0. The minimum atomic E-state index is -3.65. The van der Waals surface area contributed by atoms with Crippen molar-refractivity contribution in [2.75, 3.05) is 33.8 Å². The van der Waals surface area contributed by atoms with Gasteiger partial charge >= 0.3 is 0 Å². The third kappa shape index (κ3) is 3.49. The summed E-state index contributed by atoms with van der Waals surface area (Å²) in [6, 6.07) is 7.00. The SMILES string of the molecule is CN(C)CC1COC2(CCCC2)CN1S(=O)(=O)c1cccc2cnccc12. The molecule has 7 heteroatoms. The Morgan fingerprint density at radius 3 is 2.78 bits per heavy atom. The Kier molecular flexibility index (Phi) is 4.96. The van der Waals surface area contributed by atoms with Crippen LogP contribution >= 0.6 is 0 Å². The Hall–Kier alpha value is -1.54. The second-order valence-corrected chi connectivity index (χ2v) is 9.88. The van der Waals surface area contributed by atoms with E-state index >= 15 is 0 Å². The number of sulfonamides is 1. The summed E-state index contributed by atoms with van der Waals surface area (Å²) in [7, 11) is 0.285. The van der Waals surface area contributed by atoms with Crippen molar-refractivity contribution in [3.8, 4) is 0 Å². The van der Waals surface area contributed by atoms with Crippen LogP contribution in [-0.4, -0.2) is 68.0 Å². The number of morpholine rings is 1. The molecule has 27 heavy (non-hydrogen) atoms. The lowest BCUT2D eigenvalue weighted by molar-refractivity contribution is -0.109. The number of nitrogens with zero attached hydrogens (tertiary/aromatic N) is 3. The van der Waals surface area contributed by atoms with Crippen LogP contribution in [0, 0.1) is 0 Å². The molecular weight excluding hydrogens is 362 g/mol. The molecule has 1 spiro atoms. The highest BCUT2D eigenvalue weighted by molar-refractivity contribution is 7.89. The highest BCUT2D eigenvalue weighted by Gasteiger charge is 2.47. The predicted molar refractivity (Wildman–Crippen MR) is 105 cm³/mol. The molecule has 1 saturated carbocycles. The fourth-order valence-corrected chi connectivity index (χ4v) is 6.32. The number of rotatable bonds is 4. The van der Waals surface area contributed by atoms with Gasteiger partial charge in [-0.05, 0) is 39.1 Å². The molecule has 0 amide bonds. The molecule has 0 N–H and O–H groups in total. The Morgan fingerprint density at radius 2 is 2.04 bits per heavy atom. The second-order valence-electron chi connectivity index (χ2n) is 8.02. The number of benzene rings is 1. The minimum Gasteiger partial charge on any atom is -0.372 e. The van der Waals surface area contributed by atoms with Gasteiger partial charge in [0.2, 0.25) is 10.0 Å². The summed E-state index contributed by atoms with van der Waals surface area (Å²) < 4.78 is 35.5. The summed E-state index contributed by atoms with van der Waals surface area (Å²) in [6.07, 6.45) is 7.44. The van der Waals surface area contributed by atoms with E-state index in [1.807, 2.05) is 25.1 Å². The second kappa shape index (κ2) is 7.13. The van der Waals surface area contributed by atoms with Crippen LogP contribution < -0.4 is 0 Å². The van der Waals surface area contributed by atoms with Gasteiger partial charge in [-0.3, -0.25) is 4.98 Å². The summed E-state index contributed by atoms with van der Waals surface area (Å²) in [5.41, 5.74) is -0.317. The van der Waals surface area contributed by atoms with Gasteiger partial charge in [0.05, 0.1) is 23.1 Å². The van der Waals surface area contributed by atoms with E-state index < -0.39 is 10.0 Å². The zero-order valence-electron chi connectivity index (χ0n) is 16.0. The first kappa shape index (κ1) is 18.8. The van der Waals surface area contributed by atoms with Crippen molar-refractivity contribution in [1.29, 1.82) is 0 Å². The summed E-state index contributed by atoms with van der Waals surface area (Å²) >= 11 is 0. The van der Waals surface area contributed by atoms with Gasteiger partial charge < -0.3 is 9.64 Å². The van der Waals surface area contributed by atoms with Crippen LogP contribution in [0.3, 0.4) is 0 Å². The number of fused-ring (bicyclic) bond motifs is 1. The van der Waals surface area contributed by atoms with Gasteiger partial charge in [0, 0.05) is 36.3 Å². The first-order chi connectivity index (χ1) is 12.9. The number of hydrogen-bond acceptors (Lipinski definition) is 5. The highest BCUT2D eigenvalue weighted by Crippen LogP contribution is 2.39. The molecule has 0 radical (unpaired) electrons. The van der Waals surface area contributed by atoms with E-state index in [1.165, 1.54) is 0 Å². The summed E-state index contributed by atoms with van der Waals surface area (Å²) in [5.74, 6) is 0. The number of ether oxygens (including phenoxy) is 1. The molecule has 1 saturated heterocycles. The van der Waals surface area contributed by atoms with Gasteiger partial charge in [-0.2, -0.15) is 4.31 Å².